The highest BCUT2D eigenvalue weighted by atomic mass is 32.1. The van der Waals surface area contributed by atoms with E-state index >= 15 is 0 Å². The molecule has 2 N–H and O–H groups in total. The zero-order valence-corrected chi connectivity index (χ0v) is 15.7. The Morgan fingerprint density at radius 1 is 1.31 bits per heavy atom. The molecule has 0 spiro atoms. The second-order valence-corrected chi connectivity index (χ2v) is 7.72. The summed E-state index contributed by atoms with van der Waals surface area (Å²) >= 11 is 1.81. The van der Waals surface area contributed by atoms with Crippen LogP contribution in [0.25, 0.3) is 10.9 Å². The molecule has 6 heteroatoms. The lowest BCUT2D eigenvalue weighted by atomic mass is 10.0. The summed E-state index contributed by atoms with van der Waals surface area (Å²) in [5.74, 6) is 0.724. The molecular formula is C20H23N3O2S. The molecule has 0 saturated heterocycles. The number of fused-ring (bicyclic) bond motifs is 2. The summed E-state index contributed by atoms with van der Waals surface area (Å²) in [6.07, 6.45) is 5.59. The molecule has 0 fully saturated rings. The molecule has 4 rings (SSSR count). The zero-order chi connectivity index (χ0) is 17.9. The van der Waals surface area contributed by atoms with E-state index in [1.165, 1.54) is 23.4 Å². The number of H-pyrrole nitrogens is 1. The fourth-order valence-electron chi connectivity index (χ4n) is 3.38. The summed E-state index contributed by atoms with van der Waals surface area (Å²) in [5.41, 5.74) is 2.77. The maximum Gasteiger partial charge on any atom is 0.267 e. The van der Waals surface area contributed by atoms with Crippen LogP contribution in [0, 0.1) is 0 Å². The van der Waals surface area contributed by atoms with Crippen LogP contribution >= 0.6 is 11.3 Å². The van der Waals surface area contributed by atoms with Crippen LogP contribution in [-0.2, 0) is 19.3 Å². The van der Waals surface area contributed by atoms with Crippen LogP contribution in [0.15, 0.2) is 24.3 Å². The summed E-state index contributed by atoms with van der Waals surface area (Å²) in [5, 5.41) is 5.13. The fourth-order valence-corrected chi connectivity index (χ4v) is 4.53. The Bertz CT molecular complexity index is 905. The van der Waals surface area contributed by atoms with Gasteiger partial charge in [0.25, 0.3) is 5.91 Å². The van der Waals surface area contributed by atoms with Gasteiger partial charge in [0.1, 0.15) is 11.4 Å². The Hall–Kier alpha value is -2.34. The molecule has 1 aliphatic carbocycles. The van der Waals surface area contributed by atoms with Crippen molar-refractivity contribution in [3.63, 3.8) is 0 Å². The normalized spacial score (nSPS) is 13.6. The topological polar surface area (TPSA) is 67.0 Å². The predicted molar refractivity (Wildman–Crippen MR) is 104 cm³/mol. The van der Waals surface area contributed by atoms with Crippen molar-refractivity contribution in [1.29, 1.82) is 0 Å². The van der Waals surface area contributed by atoms with E-state index in [4.69, 9.17) is 9.72 Å². The Kier molecular flexibility index (Phi) is 4.93. The van der Waals surface area contributed by atoms with Crippen LogP contribution in [-0.4, -0.2) is 29.0 Å². The Morgan fingerprint density at radius 2 is 2.19 bits per heavy atom. The van der Waals surface area contributed by atoms with Crippen molar-refractivity contribution in [2.24, 2.45) is 0 Å². The van der Waals surface area contributed by atoms with Gasteiger partial charge in [-0.15, -0.1) is 11.3 Å². The molecular weight excluding hydrogens is 346 g/mol. The maximum atomic E-state index is 12.4. The van der Waals surface area contributed by atoms with Gasteiger partial charge in [0.05, 0.1) is 17.3 Å². The smallest absolute Gasteiger partial charge is 0.267 e. The monoisotopic (exact) mass is 369 g/mol. The molecule has 0 bridgehead atoms. The van der Waals surface area contributed by atoms with E-state index in [1.54, 1.807) is 0 Å². The van der Waals surface area contributed by atoms with Crippen LogP contribution in [0.3, 0.4) is 0 Å². The molecule has 0 aliphatic heterocycles. The molecule has 0 unspecified atom stereocenters. The number of hydrogen-bond donors (Lipinski definition) is 2. The number of aromatic nitrogens is 2. The number of rotatable bonds is 6. The number of ether oxygens (including phenoxy) is 1. The van der Waals surface area contributed by atoms with Gasteiger partial charge in [-0.25, -0.2) is 4.98 Å². The van der Waals surface area contributed by atoms with Crippen LogP contribution in [0.1, 0.15) is 45.8 Å². The highest BCUT2D eigenvalue weighted by Gasteiger charge is 2.15. The van der Waals surface area contributed by atoms with Gasteiger partial charge in [-0.2, -0.15) is 0 Å². The van der Waals surface area contributed by atoms with Crippen molar-refractivity contribution in [1.82, 2.24) is 15.3 Å². The number of carbonyl (C=O) groups is 1. The number of amides is 1. The molecule has 5 nitrogen and oxygen atoms in total. The molecule has 3 aromatic rings. The van der Waals surface area contributed by atoms with Crippen molar-refractivity contribution in [3.05, 3.63) is 45.5 Å². The maximum absolute atomic E-state index is 12.4. The standard InChI is InChI=1S/C20H23N3O2S/c1-2-25-14-8-7-13-11-17(22-16(13)12-14)20(24)21-10-9-19-23-15-5-3-4-6-18(15)26-19/h7-8,11-12,22H,2-6,9-10H2,1H3,(H,21,24). The van der Waals surface area contributed by atoms with Gasteiger partial charge < -0.3 is 15.0 Å². The molecule has 2 heterocycles. The van der Waals surface area contributed by atoms with Crippen molar-refractivity contribution in [2.75, 3.05) is 13.2 Å². The van der Waals surface area contributed by atoms with Crippen molar-refractivity contribution in [3.8, 4) is 5.75 Å². The first-order valence-electron chi connectivity index (χ1n) is 9.24. The van der Waals surface area contributed by atoms with E-state index in [-0.39, 0.29) is 5.91 Å². The predicted octanol–water partition coefficient (Wildman–Crippen LogP) is 3.87. The fraction of sp³-hybridized carbons (Fsp3) is 0.400. The summed E-state index contributed by atoms with van der Waals surface area (Å²) < 4.78 is 5.51. The third-order valence-corrected chi connectivity index (χ3v) is 5.88. The Balaban J connectivity index is 1.37. The van der Waals surface area contributed by atoms with Crippen molar-refractivity contribution >= 4 is 28.1 Å². The molecule has 26 heavy (non-hydrogen) atoms. The third-order valence-electron chi connectivity index (χ3n) is 4.66. The largest absolute Gasteiger partial charge is 0.494 e. The van der Waals surface area contributed by atoms with Gasteiger partial charge in [-0.1, -0.05) is 0 Å². The number of benzene rings is 1. The number of nitrogens with zero attached hydrogens (tertiary/aromatic N) is 1. The van der Waals surface area contributed by atoms with Gasteiger partial charge in [0.15, 0.2) is 0 Å². The number of carbonyl (C=O) groups excluding carboxylic acids is 1. The zero-order valence-electron chi connectivity index (χ0n) is 14.9. The summed E-state index contributed by atoms with van der Waals surface area (Å²) in [7, 11) is 0. The van der Waals surface area contributed by atoms with E-state index in [1.807, 2.05) is 42.5 Å². The number of nitrogens with one attached hydrogen (secondary N) is 2. The van der Waals surface area contributed by atoms with Crippen LogP contribution in [0.4, 0.5) is 0 Å². The first kappa shape index (κ1) is 17.1. The third kappa shape index (κ3) is 3.60. The molecule has 0 atom stereocenters. The van der Waals surface area contributed by atoms with E-state index in [9.17, 15) is 4.79 Å². The van der Waals surface area contributed by atoms with Crippen LogP contribution < -0.4 is 10.1 Å². The molecule has 136 valence electrons. The van der Waals surface area contributed by atoms with E-state index < -0.39 is 0 Å². The summed E-state index contributed by atoms with van der Waals surface area (Å²) in [6, 6.07) is 7.69. The minimum atomic E-state index is -0.0829. The van der Waals surface area contributed by atoms with Crippen molar-refractivity contribution < 1.29 is 9.53 Å². The first-order chi connectivity index (χ1) is 12.7. The van der Waals surface area contributed by atoms with Gasteiger partial charge in [0, 0.05) is 34.8 Å². The SMILES string of the molecule is CCOc1ccc2cc(C(=O)NCCc3nc4c(s3)CCCC4)[nH]c2c1. The second-order valence-electron chi connectivity index (χ2n) is 6.56. The Labute approximate surface area is 156 Å². The lowest BCUT2D eigenvalue weighted by Gasteiger charge is -2.06. The van der Waals surface area contributed by atoms with Gasteiger partial charge in [-0.05, 0) is 50.8 Å². The minimum Gasteiger partial charge on any atom is -0.494 e. The van der Waals surface area contributed by atoms with Gasteiger partial charge in [0.2, 0.25) is 0 Å². The van der Waals surface area contributed by atoms with E-state index in [0.717, 1.165) is 40.9 Å². The molecule has 2 aromatic heterocycles. The highest BCUT2D eigenvalue weighted by Crippen LogP contribution is 2.26. The second kappa shape index (κ2) is 7.50. The number of aryl methyl sites for hydroxylation is 2. The lowest BCUT2D eigenvalue weighted by Crippen LogP contribution is -2.25. The molecule has 1 aliphatic rings. The highest BCUT2D eigenvalue weighted by molar-refractivity contribution is 7.11. The van der Waals surface area contributed by atoms with E-state index in [0.29, 0.717) is 18.8 Å². The van der Waals surface area contributed by atoms with E-state index in [2.05, 4.69) is 10.3 Å². The van der Waals surface area contributed by atoms with Crippen LogP contribution in [0.5, 0.6) is 5.75 Å². The average molecular weight is 369 g/mol. The average Bonchev–Trinajstić information content (AvgIpc) is 3.25. The summed E-state index contributed by atoms with van der Waals surface area (Å²) in [4.78, 5) is 21.8. The lowest BCUT2D eigenvalue weighted by molar-refractivity contribution is 0.0950. The number of hydrogen-bond acceptors (Lipinski definition) is 4. The quantitative estimate of drug-likeness (QED) is 0.693. The molecule has 1 aromatic carbocycles. The number of thiazole rings is 1. The van der Waals surface area contributed by atoms with Gasteiger partial charge >= 0.3 is 0 Å². The van der Waals surface area contributed by atoms with Crippen LogP contribution in [0.2, 0.25) is 0 Å². The molecule has 1 amide bonds. The first-order valence-corrected chi connectivity index (χ1v) is 10.1. The number of aromatic amines is 1. The van der Waals surface area contributed by atoms with Gasteiger partial charge in [-0.3, -0.25) is 4.79 Å². The molecule has 0 saturated carbocycles. The van der Waals surface area contributed by atoms with Crippen molar-refractivity contribution in [2.45, 2.75) is 39.0 Å². The molecule has 0 radical (unpaired) electrons. The summed E-state index contributed by atoms with van der Waals surface area (Å²) in [6.45, 7) is 3.18. The minimum absolute atomic E-state index is 0.0829. The Morgan fingerprint density at radius 3 is 3.04 bits per heavy atom.